The van der Waals surface area contributed by atoms with Crippen LogP contribution in [0.5, 0.6) is 11.5 Å². The summed E-state index contributed by atoms with van der Waals surface area (Å²) in [6, 6.07) is 8.82. The fraction of sp³-hybridized carbons (Fsp3) is 0.250. The summed E-state index contributed by atoms with van der Waals surface area (Å²) in [5.74, 6) is 0.768. The van der Waals surface area contributed by atoms with Crippen LogP contribution in [0.25, 0.3) is 0 Å². The number of methoxy groups -OCH3 is 1. The van der Waals surface area contributed by atoms with Gasteiger partial charge in [-0.3, -0.25) is 20.4 Å². The molecule has 1 aromatic carbocycles. The van der Waals surface area contributed by atoms with Crippen molar-refractivity contribution in [2.45, 2.75) is 12.8 Å². The topological polar surface area (TPSA) is 92.4 Å². The second-order valence-electron chi connectivity index (χ2n) is 4.86. The van der Waals surface area contributed by atoms with E-state index in [0.29, 0.717) is 24.5 Å². The van der Waals surface area contributed by atoms with Gasteiger partial charge in [-0.2, -0.15) is 0 Å². The Kier molecular flexibility index (Phi) is 6.68. The number of aromatic amines is 1. The Bertz CT molecular complexity index is 685. The number of H-pyrrole nitrogens is 1. The average molecular weight is 396 g/mol. The van der Waals surface area contributed by atoms with Crippen molar-refractivity contribution in [1.29, 1.82) is 0 Å². The fourth-order valence-corrected chi connectivity index (χ4v) is 2.19. The van der Waals surface area contributed by atoms with Gasteiger partial charge in [0.05, 0.1) is 13.7 Å². The molecule has 2 amide bonds. The molecule has 3 N–H and O–H groups in total. The van der Waals surface area contributed by atoms with Gasteiger partial charge < -0.3 is 14.5 Å². The molecule has 0 aliphatic rings. The Morgan fingerprint density at radius 1 is 1.17 bits per heavy atom. The van der Waals surface area contributed by atoms with Gasteiger partial charge in [0.25, 0.3) is 5.91 Å². The molecule has 1 aromatic heterocycles. The van der Waals surface area contributed by atoms with E-state index < -0.39 is 5.91 Å². The van der Waals surface area contributed by atoms with Crippen LogP contribution in [0.1, 0.15) is 23.3 Å². The van der Waals surface area contributed by atoms with E-state index in [9.17, 15) is 9.59 Å². The zero-order valence-corrected chi connectivity index (χ0v) is 14.7. The number of hydrogen-bond donors (Lipinski definition) is 3. The first-order valence-electron chi connectivity index (χ1n) is 7.28. The predicted molar refractivity (Wildman–Crippen MR) is 91.8 cm³/mol. The molecule has 2 aromatic rings. The summed E-state index contributed by atoms with van der Waals surface area (Å²) in [5, 5.41) is 0. The van der Waals surface area contributed by atoms with E-state index in [0.717, 1.165) is 10.2 Å². The Labute approximate surface area is 147 Å². The van der Waals surface area contributed by atoms with Crippen molar-refractivity contribution in [1.82, 2.24) is 15.8 Å². The van der Waals surface area contributed by atoms with Crippen molar-refractivity contribution in [2.24, 2.45) is 0 Å². The highest BCUT2D eigenvalue weighted by molar-refractivity contribution is 9.10. The lowest BCUT2D eigenvalue weighted by molar-refractivity contribution is -0.122. The molecule has 0 saturated heterocycles. The predicted octanol–water partition coefficient (Wildman–Crippen LogP) is 2.41. The molecular formula is C16H18BrN3O4. The lowest BCUT2D eigenvalue weighted by Gasteiger charge is -2.08. The molecule has 0 atom stereocenters. The first-order valence-corrected chi connectivity index (χ1v) is 8.08. The summed E-state index contributed by atoms with van der Waals surface area (Å²) in [6.45, 7) is 0.400. The summed E-state index contributed by atoms with van der Waals surface area (Å²) in [7, 11) is 1.60. The minimum Gasteiger partial charge on any atom is -0.497 e. The first kappa shape index (κ1) is 17.9. The van der Waals surface area contributed by atoms with Crippen LogP contribution in [0.2, 0.25) is 0 Å². The van der Waals surface area contributed by atoms with E-state index in [1.165, 1.54) is 0 Å². The maximum Gasteiger partial charge on any atom is 0.286 e. The largest absolute Gasteiger partial charge is 0.497 e. The van der Waals surface area contributed by atoms with Crippen LogP contribution in [0, 0.1) is 0 Å². The van der Waals surface area contributed by atoms with Crippen molar-refractivity contribution in [2.75, 3.05) is 13.7 Å². The molecule has 0 aliphatic carbocycles. The molecule has 0 aliphatic heterocycles. The monoisotopic (exact) mass is 395 g/mol. The van der Waals surface area contributed by atoms with Crippen LogP contribution in [-0.4, -0.2) is 30.5 Å². The average Bonchev–Trinajstić information content (AvgIpc) is 3.03. The minimum absolute atomic E-state index is 0.241. The van der Waals surface area contributed by atoms with Gasteiger partial charge in [-0.15, -0.1) is 0 Å². The molecule has 7 nitrogen and oxygen atoms in total. The second-order valence-corrected chi connectivity index (χ2v) is 5.78. The van der Waals surface area contributed by atoms with Crippen LogP contribution in [-0.2, 0) is 4.79 Å². The van der Waals surface area contributed by atoms with Crippen LogP contribution in [0.3, 0.4) is 0 Å². The number of carbonyl (C=O) groups excluding carboxylic acids is 2. The van der Waals surface area contributed by atoms with Gasteiger partial charge in [-0.05, 0) is 52.7 Å². The van der Waals surface area contributed by atoms with E-state index in [4.69, 9.17) is 9.47 Å². The van der Waals surface area contributed by atoms with Crippen molar-refractivity contribution >= 4 is 27.7 Å². The Morgan fingerprint density at radius 2 is 1.88 bits per heavy atom. The molecule has 0 bridgehead atoms. The number of benzene rings is 1. The third kappa shape index (κ3) is 5.62. The summed E-state index contributed by atoms with van der Waals surface area (Å²) < 4.78 is 11.3. The van der Waals surface area contributed by atoms with Gasteiger partial charge in [-0.1, -0.05) is 0 Å². The van der Waals surface area contributed by atoms with E-state index >= 15 is 0 Å². The van der Waals surface area contributed by atoms with Crippen molar-refractivity contribution in [3.05, 3.63) is 46.7 Å². The highest BCUT2D eigenvalue weighted by Crippen LogP contribution is 2.17. The molecular weight excluding hydrogens is 378 g/mol. The van der Waals surface area contributed by atoms with E-state index in [1.807, 2.05) is 0 Å². The summed E-state index contributed by atoms with van der Waals surface area (Å²) in [5.41, 5.74) is 5.05. The third-order valence-corrected chi connectivity index (χ3v) is 3.54. The van der Waals surface area contributed by atoms with Crippen molar-refractivity contribution in [3.8, 4) is 11.5 Å². The van der Waals surface area contributed by atoms with Gasteiger partial charge >= 0.3 is 0 Å². The molecule has 8 heteroatoms. The van der Waals surface area contributed by atoms with E-state index in [-0.39, 0.29) is 12.3 Å². The number of hydrazine groups is 1. The van der Waals surface area contributed by atoms with E-state index in [1.54, 1.807) is 43.6 Å². The van der Waals surface area contributed by atoms with Gasteiger partial charge in [-0.25, -0.2) is 0 Å². The number of carbonyl (C=O) groups is 2. The van der Waals surface area contributed by atoms with Gasteiger partial charge in [0.1, 0.15) is 17.2 Å². The Balaban J connectivity index is 1.61. The molecule has 0 radical (unpaired) electrons. The maximum absolute atomic E-state index is 11.7. The number of halogens is 1. The van der Waals surface area contributed by atoms with Crippen LogP contribution in [0.4, 0.5) is 0 Å². The summed E-state index contributed by atoms with van der Waals surface area (Å²) in [4.78, 5) is 26.1. The standard InChI is InChI=1S/C16H18BrN3O4/c1-23-12-4-6-13(7-5-12)24-8-2-3-15(21)19-20-16(22)14-9-11(17)10-18-14/h4-7,9-10,18H,2-3,8H2,1H3,(H,19,21)(H,20,22). The number of amides is 2. The van der Waals surface area contributed by atoms with E-state index in [2.05, 4.69) is 31.8 Å². The van der Waals surface area contributed by atoms with Crippen LogP contribution >= 0.6 is 15.9 Å². The molecule has 2 rings (SSSR count). The zero-order chi connectivity index (χ0) is 17.4. The lowest BCUT2D eigenvalue weighted by atomic mass is 10.3. The summed E-state index contributed by atoms with van der Waals surface area (Å²) in [6.07, 6.45) is 2.40. The van der Waals surface area contributed by atoms with Gasteiger partial charge in [0, 0.05) is 17.1 Å². The lowest BCUT2D eigenvalue weighted by Crippen LogP contribution is -2.41. The fourth-order valence-electron chi connectivity index (χ4n) is 1.85. The van der Waals surface area contributed by atoms with Crippen molar-refractivity contribution < 1.29 is 19.1 Å². The molecule has 24 heavy (non-hydrogen) atoms. The van der Waals surface area contributed by atoms with Crippen molar-refractivity contribution in [3.63, 3.8) is 0 Å². The zero-order valence-electron chi connectivity index (χ0n) is 13.1. The quantitative estimate of drug-likeness (QED) is 0.495. The number of aromatic nitrogens is 1. The van der Waals surface area contributed by atoms with Gasteiger partial charge in [0.15, 0.2) is 0 Å². The molecule has 0 saturated carbocycles. The highest BCUT2D eigenvalue weighted by Gasteiger charge is 2.09. The first-order chi connectivity index (χ1) is 11.6. The molecule has 0 unspecified atom stereocenters. The number of rotatable bonds is 7. The number of ether oxygens (including phenoxy) is 2. The minimum atomic E-state index is -0.413. The van der Waals surface area contributed by atoms with Crippen LogP contribution < -0.4 is 20.3 Å². The SMILES string of the molecule is COc1ccc(OCCCC(=O)NNC(=O)c2cc(Br)c[nH]2)cc1. The molecule has 128 valence electrons. The smallest absolute Gasteiger partial charge is 0.286 e. The van der Waals surface area contributed by atoms with Crippen LogP contribution in [0.15, 0.2) is 41.0 Å². The maximum atomic E-state index is 11.7. The third-order valence-electron chi connectivity index (χ3n) is 3.08. The number of hydrogen-bond acceptors (Lipinski definition) is 4. The highest BCUT2D eigenvalue weighted by atomic mass is 79.9. The number of nitrogens with one attached hydrogen (secondary N) is 3. The normalized spacial score (nSPS) is 10.1. The summed E-state index contributed by atoms with van der Waals surface area (Å²) >= 11 is 3.23. The Morgan fingerprint density at radius 3 is 2.50 bits per heavy atom. The Hall–Kier alpha value is -2.48. The van der Waals surface area contributed by atoms with Gasteiger partial charge in [0.2, 0.25) is 5.91 Å². The second kappa shape index (κ2) is 8.97. The molecule has 0 fully saturated rings. The molecule has 1 heterocycles. The molecule has 0 spiro atoms.